The molecule has 2 aromatic carbocycles. The van der Waals surface area contributed by atoms with Crippen molar-refractivity contribution in [2.24, 2.45) is 0 Å². The van der Waals surface area contributed by atoms with Crippen LogP contribution in [0, 0.1) is 6.92 Å². The number of aryl methyl sites for hydroxylation is 2. The van der Waals surface area contributed by atoms with Gasteiger partial charge in [-0.2, -0.15) is 0 Å². The van der Waals surface area contributed by atoms with Gasteiger partial charge in [-0.3, -0.25) is 0 Å². The Hall–Kier alpha value is -1.48. The lowest BCUT2D eigenvalue weighted by molar-refractivity contribution is 0.310. The molecule has 0 bridgehead atoms. The third-order valence-corrected chi connectivity index (χ3v) is 3.42. The molecule has 0 heterocycles. The first-order chi connectivity index (χ1) is 9.16. The minimum absolute atomic E-state index is 0.682. The molecule has 0 saturated carbocycles. The number of hydrogen-bond acceptors (Lipinski definition) is 2. The van der Waals surface area contributed by atoms with Crippen LogP contribution in [-0.2, 0) is 6.42 Å². The molecule has 0 aliphatic heterocycles. The van der Waals surface area contributed by atoms with Gasteiger partial charge in [0.05, 0.1) is 12.3 Å². The van der Waals surface area contributed by atoms with Crippen LogP contribution in [0.4, 0.5) is 5.69 Å². The van der Waals surface area contributed by atoms with E-state index in [1.54, 1.807) is 0 Å². The second-order valence-corrected chi connectivity index (χ2v) is 5.49. The van der Waals surface area contributed by atoms with Crippen molar-refractivity contribution in [1.82, 2.24) is 0 Å². The molecule has 0 unspecified atom stereocenters. The van der Waals surface area contributed by atoms with Crippen LogP contribution in [-0.4, -0.2) is 6.61 Å². The van der Waals surface area contributed by atoms with Gasteiger partial charge in [0.15, 0.2) is 0 Å². The van der Waals surface area contributed by atoms with Crippen molar-refractivity contribution in [2.75, 3.05) is 12.3 Å². The Morgan fingerprint density at radius 2 is 1.89 bits per heavy atom. The van der Waals surface area contributed by atoms with Gasteiger partial charge in [0.1, 0.15) is 5.75 Å². The standard InChI is InChI=1S/C16H18BrNO/c1-12-10-14(17)11-15(18)16(12)19-9-5-8-13-6-3-2-4-7-13/h2-4,6-7,10-11H,5,8-9,18H2,1H3. The molecule has 0 saturated heterocycles. The maximum Gasteiger partial charge on any atom is 0.145 e. The molecule has 0 aromatic heterocycles. The summed E-state index contributed by atoms with van der Waals surface area (Å²) in [5.74, 6) is 0.802. The van der Waals surface area contributed by atoms with Crippen molar-refractivity contribution in [2.45, 2.75) is 19.8 Å². The summed E-state index contributed by atoms with van der Waals surface area (Å²) in [7, 11) is 0. The van der Waals surface area contributed by atoms with Crippen LogP contribution in [0.1, 0.15) is 17.5 Å². The van der Waals surface area contributed by atoms with Crippen LogP contribution in [0.15, 0.2) is 46.9 Å². The van der Waals surface area contributed by atoms with Gasteiger partial charge in [-0.25, -0.2) is 0 Å². The number of benzene rings is 2. The molecule has 0 aliphatic rings. The topological polar surface area (TPSA) is 35.2 Å². The van der Waals surface area contributed by atoms with E-state index in [1.165, 1.54) is 5.56 Å². The first-order valence-corrected chi connectivity index (χ1v) is 7.18. The lowest BCUT2D eigenvalue weighted by atomic mass is 10.1. The van der Waals surface area contributed by atoms with E-state index in [0.717, 1.165) is 28.6 Å². The highest BCUT2D eigenvalue weighted by Gasteiger charge is 2.06. The maximum absolute atomic E-state index is 5.96. The molecule has 0 aliphatic carbocycles. The van der Waals surface area contributed by atoms with Crippen molar-refractivity contribution in [3.63, 3.8) is 0 Å². The van der Waals surface area contributed by atoms with E-state index < -0.39 is 0 Å². The summed E-state index contributed by atoms with van der Waals surface area (Å²) in [6.45, 7) is 2.69. The molecule has 2 aromatic rings. The highest BCUT2D eigenvalue weighted by Crippen LogP contribution is 2.30. The number of nitrogens with two attached hydrogens (primary N) is 1. The van der Waals surface area contributed by atoms with Gasteiger partial charge >= 0.3 is 0 Å². The fraction of sp³-hybridized carbons (Fsp3) is 0.250. The molecule has 2 N–H and O–H groups in total. The molecule has 0 fully saturated rings. The summed E-state index contributed by atoms with van der Waals surface area (Å²) in [5.41, 5.74) is 9.05. The molecule has 3 heteroatoms. The van der Waals surface area contributed by atoms with Gasteiger partial charge in [-0.1, -0.05) is 46.3 Å². The fourth-order valence-electron chi connectivity index (χ4n) is 2.05. The molecule has 0 radical (unpaired) electrons. The average Bonchev–Trinajstić information content (AvgIpc) is 2.38. The Balaban J connectivity index is 1.86. The molecule has 0 atom stereocenters. The Labute approximate surface area is 122 Å². The van der Waals surface area contributed by atoms with Gasteiger partial charge < -0.3 is 10.5 Å². The van der Waals surface area contributed by atoms with Crippen LogP contribution in [0.2, 0.25) is 0 Å². The zero-order chi connectivity index (χ0) is 13.7. The Morgan fingerprint density at radius 1 is 1.16 bits per heavy atom. The number of ether oxygens (including phenoxy) is 1. The van der Waals surface area contributed by atoms with E-state index in [-0.39, 0.29) is 0 Å². The van der Waals surface area contributed by atoms with Gasteiger partial charge in [-0.15, -0.1) is 0 Å². The second kappa shape index (κ2) is 6.62. The van der Waals surface area contributed by atoms with Crippen LogP contribution in [0.25, 0.3) is 0 Å². The van der Waals surface area contributed by atoms with Crippen molar-refractivity contribution in [1.29, 1.82) is 0 Å². The van der Waals surface area contributed by atoms with Crippen molar-refractivity contribution in [3.05, 3.63) is 58.1 Å². The molecule has 2 rings (SSSR count). The molecular weight excluding hydrogens is 302 g/mol. The second-order valence-electron chi connectivity index (χ2n) is 4.58. The zero-order valence-electron chi connectivity index (χ0n) is 11.0. The third kappa shape index (κ3) is 4.00. The summed E-state index contributed by atoms with van der Waals surface area (Å²) < 4.78 is 6.78. The smallest absolute Gasteiger partial charge is 0.145 e. The van der Waals surface area contributed by atoms with Gasteiger partial charge in [-0.05, 0) is 43.0 Å². The Kier molecular flexibility index (Phi) is 4.86. The van der Waals surface area contributed by atoms with Gasteiger partial charge in [0.2, 0.25) is 0 Å². The molecule has 0 spiro atoms. The first kappa shape index (κ1) is 13.9. The normalized spacial score (nSPS) is 10.4. The number of halogens is 1. The van der Waals surface area contributed by atoms with E-state index in [1.807, 2.05) is 25.1 Å². The van der Waals surface area contributed by atoms with Crippen molar-refractivity contribution < 1.29 is 4.74 Å². The van der Waals surface area contributed by atoms with Gasteiger partial charge in [0, 0.05) is 4.47 Å². The predicted octanol–water partition coefficient (Wildman–Crippen LogP) is 4.35. The Morgan fingerprint density at radius 3 is 2.58 bits per heavy atom. The quantitative estimate of drug-likeness (QED) is 0.656. The zero-order valence-corrected chi connectivity index (χ0v) is 12.6. The van der Waals surface area contributed by atoms with E-state index >= 15 is 0 Å². The monoisotopic (exact) mass is 319 g/mol. The van der Waals surface area contributed by atoms with Gasteiger partial charge in [0.25, 0.3) is 0 Å². The average molecular weight is 320 g/mol. The SMILES string of the molecule is Cc1cc(Br)cc(N)c1OCCCc1ccccc1. The van der Waals surface area contributed by atoms with Crippen molar-refractivity contribution in [3.8, 4) is 5.75 Å². The lowest BCUT2D eigenvalue weighted by Gasteiger charge is -2.12. The van der Waals surface area contributed by atoms with E-state index in [2.05, 4.69) is 40.2 Å². The lowest BCUT2D eigenvalue weighted by Crippen LogP contribution is -2.03. The third-order valence-electron chi connectivity index (χ3n) is 2.97. The Bertz CT molecular complexity index is 517. The van der Waals surface area contributed by atoms with Crippen LogP contribution < -0.4 is 10.5 Å². The minimum Gasteiger partial charge on any atom is -0.491 e. The maximum atomic E-state index is 5.96. The fourth-order valence-corrected chi connectivity index (χ4v) is 2.64. The molecule has 100 valence electrons. The molecule has 0 amide bonds. The minimum atomic E-state index is 0.682. The highest BCUT2D eigenvalue weighted by molar-refractivity contribution is 9.10. The number of anilines is 1. The number of hydrogen-bond donors (Lipinski definition) is 1. The molecule has 19 heavy (non-hydrogen) atoms. The number of rotatable bonds is 5. The summed E-state index contributed by atoms with van der Waals surface area (Å²) in [5, 5.41) is 0. The van der Waals surface area contributed by atoms with Crippen LogP contribution >= 0.6 is 15.9 Å². The summed E-state index contributed by atoms with van der Waals surface area (Å²) in [6, 6.07) is 14.3. The first-order valence-electron chi connectivity index (χ1n) is 6.39. The summed E-state index contributed by atoms with van der Waals surface area (Å²) in [4.78, 5) is 0. The number of nitrogen functional groups attached to an aromatic ring is 1. The van der Waals surface area contributed by atoms with Crippen molar-refractivity contribution >= 4 is 21.6 Å². The van der Waals surface area contributed by atoms with Crippen LogP contribution in [0.5, 0.6) is 5.75 Å². The molecular formula is C16H18BrNO. The molecule has 2 nitrogen and oxygen atoms in total. The summed E-state index contributed by atoms with van der Waals surface area (Å²) in [6.07, 6.45) is 2.01. The largest absolute Gasteiger partial charge is 0.491 e. The predicted molar refractivity (Wildman–Crippen MR) is 83.5 cm³/mol. The van der Waals surface area contributed by atoms with E-state index in [0.29, 0.717) is 12.3 Å². The van der Waals surface area contributed by atoms with Crippen LogP contribution in [0.3, 0.4) is 0 Å². The van der Waals surface area contributed by atoms with E-state index in [9.17, 15) is 0 Å². The van der Waals surface area contributed by atoms with E-state index in [4.69, 9.17) is 10.5 Å². The summed E-state index contributed by atoms with van der Waals surface area (Å²) >= 11 is 3.42. The highest BCUT2D eigenvalue weighted by atomic mass is 79.9.